The Balaban J connectivity index is 0.00000140. The smallest absolute Gasteiger partial charge is 0.414 e. The Bertz CT molecular complexity index is 869. The van der Waals surface area contributed by atoms with Crippen LogP contribution in [0, 0.1) is 11.5 Å². The molecule has 0 atom stereocenters. The van der Waals surface area contributed by atoms with Crippen LogP contribution in [-0.2, 0) is 19.4 Å². The number of carbonyl (C=O) groups is 2. The van der Waals surface area contributed by atoms with Crippen LogP contribution in [0.5, 0.6) is 0 Å². The first-order valence-electron chi connectivity index (χ1n) is 9.84. The number of aliphatic carboxylic acids is 2. The van der Waals surface area contributed by atoms with Gasteiger partial charge in [0.25, 0.3) is 0 Å². The molecule has 0 saturated heterocycles. The second-order valence-corrected chi connectivity index (χ2v) is 9.19. The van der Waals surface area contributed by atoms with Crippen LogP contribution in [0.25, 0.3) is 0 Å². The van der Waals surface area contributed by atoms with Crippen molar-refractivity contribution in [1.82, 2.24) is 9.80 Å². The fourth-order valence-corrected chi connectivity index (χ4v) is 4.43. The van der Waals surface area contributed by atoms with Crippen molar-refractivity contribution in [3.8, 4) is 6.19 Å². The van der Waals surface area contributed by atoms with Gasteiger partial charge in [0, 0.05) is 13.1 Å². The summed E-state index contributed by atoms with van der Waals surface area (Å²) in [6, 6.07) is 8.46. The highest BCUT2D eigenvalue weighted by Gasteiger charge is 2.18. The first-order valence-corrected chi connectivity index (χ1v) is 12.7. The number of sulfone groups is 1. The summed E-state index contributed by atoms with van der Waals surface area (Å²) in [5.74, 6) is -3.65. The number of hydrogen-bond acceptors (Lipinski definition) is 8. The number of carboxylic acids is 2. The normalized spacial score (nSPS) is 11.3. The number of amidine groups is 1. The summed E-state index contributed by atoms with van der Waals surface area (Å²) < 4.78 is 25.1. The molecule has 10 nitrogen and oxygen atoms in total. The van der Waals surface area contributed by atoms with Gasteiger partial charge in [0.05, 0.1) is 10.6 Å². The Morgan fingerprint density at radius 3 is 2.06 bits per heavy atom. The third kappa shape index (κ3) is 11.7. The Morgan fingerprint density at radius 1 is 1.06 bits per heavy atom. The van der Waals surface area contributed by atoms with Gasteiger partial charge >= 0.3 is 11.9 Å². The van der Waals surface area contributed by atoms with E-state index in [0.29, 0.717) is 23.2 Å². The van der Waals surface area contributed by atoms with Crippen molar-refractivity contribution in [2.75, 3.05) is 44.7 Å². The molecule has 178 valence electrons. The maximum absolute atomic E-state index is 12.5. The number of carboxylic acid groups (broad SMARTS) is 2. The summed E-state index contributed by atoms with van der Waals surface area (Å²) in [5.41, 5.74) is 0. The van der Waals surface area contributed by atoms with Gasteiger partial charge in [-0.15, -0.1) is 4.99 Å². The molecule has 0 amide bonds. The monoisotopic (exact) mass is 486 g/mol. The van der Waals surface area contributed by atoms with E-state index >= 15 is 0 Å². The summed E-state index contributed by atoms with van der Waals surface area (Å²) in [6.07, 6.45) is 4.55. The largest absolute Gasteiger partial charge is 0.473 e. The molecule has 1 aromatic rings. The Kier molecular flexibility index (Phi) is 14.8. The van der Waals surface area contributed by atoms with Gasteiger partial charge in [0.2, 0.25) is 6.19 Å². The van der Waals surface area contributed by atoms with Gasteiger partial charge in [0.1, 0.15) is 0 Å². The second-order valence-electron chi connectivity index (χ2n) is 6.31. The van der Waals surface area contributed by atoms with Crippen molar-refractivity contribution in [2.45, 2.75) is 25.2 Å². The van der Waals surface area contributed by atoms with E-state index in [0.717, 1.165) is 26.1 Å². The molecule has 12 heteroatoms. The third-order valence-corrected chi connectivity index (χ3v) is 6.74. The van der Waals surface area contributed by atoms with Crippen molar-refractivity contribution < 1.29 is 28.2 Å². The molecule has 1 aromatic carbocycles. The molecule has 0 aliphatic rings. The minimum absolute atomic E-state index is 0.00666. The second kappa shape index (κ2) is 16.1. The molecule has 0 aromatic heterocycles. The standard InChI is InChI=1S/C18H28N4O2S2.C2H2O4/c1-4-21(5-2)12-9-13-22(18(25-3)20-16-19)14-15-26(23,24)17-10-7-6-8-11-17;3-1(4)2(5)6/h6-8,10-11H,4-5,9,12-15H2,1-3H3;(H,3,4)(H,5,6). The lowest BCUT2D eigenvalue weighted by Gasteiger charge is -2.26. The highest BCUT2D eigenvalue weighted by molar-refractivity contribution is 8.13. The summed E-state index contributed by atoms with van der Waals surface area (Å²) >= 11 is 1.36. The van der Waals surface area contributed by atoms with E-state index in [4.69, 9.17) is 25.1 Å². The first kappa shape index (κ1) is 29.4. The molecule has 0 saturated carbocycles. The lowest BCUT2D eigenvalue weighted by atomic mass is 10.3. The van der Waals surface area contributed by atoms with Crippen LogP contribution in [0.4, 0.5) is 0 Å². The molecule has 0 aliphatic heterocycles. The van der Waals surface area contributed by atoms with Crippen LogP contribution in [0.2, 0.25) is 0 Å². The highest BCUT2D eigenvalue weighted by atomic mass is 32.2. The zero-order valence-electron chi connectivity index (χ0n) is 18.5. The van der Waals surface area contributed by atoms with Crippen LogP contribution in [-0.4, -0.2) is 90.3 Å². The summed E-state index contributed by atoms with van der Waals surface area (Å²) in [5, 5.41) is 24.3. The van der Waals surface area contributed by atoms with Gasteiger partial charge in [-0.3, -0.25) is 0 Å². The number of thioether (sulfide) groups is 1. The van der Waals surface area contributed by atoms with Crippen molar-refractivity contribution in [1.29, 1.82) is 5.26 Å². The third-order valence-electron chi connectivity index (χ3n) is 4.31. The van der Waals surface area contributed by atoms with E-state index in [-0.39, 0.29) is 5.75 Å². The molecule has 0 aliphatic carbocycles. The molecule has 1 rings (SSSR count). The number of nitriles is 1. The van der Waals surface area contributed by atoms with Crippen molar-refractivity contribution in [2.24, 2.45) is 4.99 Å². The fraction of sp³-hybridized carbons (Fsp3) is 0.500. The summed E-state index contributed by atoms with van der Waals surface area (Å²) in [7, 11) is -3.36. The summed E-state index contributed by atoms with van der Waals surface area (Å²) in [4.78, 5) is 26.6. The maximum atomic E-state index is 12.5. The molecule has 0 heterocycles. The van der Waals surface area contributed by atoms with Crippen molar-refractivity contribution in [3.05, 3.63) is 30.3 Å². The minimum Gasteiger partial charge on any atom is -0.473 e. The van der Waals surface area contributed by atoms with Gasteiger partial charge < -0.3 is 20.0 Å². The molecule has 0 radical (unpaired) electrons. The van der Waals surface area contributed by atoms with Crippen LogP contribution >= 0.6 is 11.8 Å². The SMILES string of the molecule is CCN(CC)CCCN(CCS(=O)(=O)c1ccccc1)C(=NC#N)SC.O=C(O)C(=O)O. The quantitative estimate of drug-likeness (QED) is 0.217. The lowest BCUT2D eigenvalue weighted by molar-refractivity contribution is -0.159. The van der Waals surface area contributed by atoms with Crippen molar-refractivity contribution in [3.63, 3.8) is 0 Å². The maximum Gasteiger partial charge on any atom is 0.414 e. The molecule has 0 spiro atoms. The van der Waals surface area contributed by atoms with Gasteiger partial charge in [-0.1, -0.05) is 43.8 Å². The number of rotatable bonds is 10. The average Bonchev–Trinajstić information content (AvgIpc) is 2.78. The molecule has 32 heavy (non-hydrogen) atoms. The number of hydrogen-bond donors (Lipinski definition) is 2. The van der Waals surface area contributed by atoms with Crippen LogP contribution in [0.1, 0.15) is 20.3 Å². The zero-order chi connectivity index (χ0) is 24.6. The van der Waals surface area contributed by atoms with Gasteiger partial charge in [0.15, 0.2) is 15.0 Å². The molecule has 0 unspecified atom stereocenters. The minimum atomic E-state index is -3.36. The van der Waals surface area contributed by atoms with E-state index in [1.165, 1.54) is 11.8 Å². The van der Waals surface area contributed by atoms with Gasteiger partial charge in [-0.25, -0.2) is 18.0 Å². The van der Waals surface area contributed by atoms with E-state index in [2.05, 4.69) is 23.7 Å². The molecular weight excluding hydrogens is 456 g/mol. The van der Waals surface area contributed by atoms with E-state index in [1.54, 1.807) is 30.3 Å². The molecule has 0 fully saturated rings. The number of aliphatic imine (C=N–C) groups is 1. The molecular formula is C20H30N4O6S2. The predicted molar refractivity (Wildman–Crippen MR) is 124 cm³/mol. The van der Waals surface area contributed by atoms with Gasteiger partial charge in [-0.05, 0) is 44.4 Å². The number of nitrogens with zero attached hydrogens (tertiary/aromatic N) is 4. The fourth-order valence-electron chi connectivity index (χ4n) is 2.59. The van der Waals surface area contributed by atoms with Crippen molar-refractivity contribution >= 4 is 38.7 Å². The Hall–Kier alpha value is -2.62. The van der Waals surface area contributed by atoms with Crippen LogP contribution < -0.4 is 0 Å². The average molecular weight is 487 g/mol. The highest BCUT2D eigenvalue weighted by Crippen LogP contribution is 2.13. The zero-order valence-corrected chi connectivity index (χ0v) is 20.1. The predicted octanol–water partition coefficient (Wildman–Crippen LogP) is 1.85. The van der Waals surface area contributed by atoms with Crippen LogP contribution in [0.15, 0.2) is 40.2 Å². The molecule has 0 bridgehead atoms. The van der Waals surface area contributed by atoms with Gasteiger partial charge in [-0.2, -0.15) is 5.26 Å². The van der Waals surface area contributed by atoms with E-state index in [1.807, 2.05) is 17.3 Å². The lowest BCUT2D eigenvalue weighted by Crippen LogP contribution is -2.36. The van der Waals surface area contributed by atoms with E-state index in [9.17, 15) is 8.42 Å². The topological polar surface area (TPSA) is 151 Å². The number of benzene rings is 1. The Labute approximate surface area is 193 Å². The molecule has 2 N–H and O–H groups in total. The van der Waals surface area contributed by atoms with Crippen LogP contribution in [0.3, 0.4) is 0 Å². The first-order chi connectivity index (χ1) is 15.1. The summed E-state index contributed by atoms with van der Waals surface area (Å²) in [6.45, 7) is 8.14. The van der Waals surface area contributed by atoms with E-state index < -0.39 is 21.8 Å². The Morgan fingerprint density at radius 2 is 1.62 bits per heavy atom.